The fraction of sp³-hybridized carbons (Fsp3) is 0.308. The number of hydrogen-bond acceptors (Lipinski definition) is 4. The van der Waals surface area contributed by atoms with Crippen LogP contribution in [0.1, 0.15) is 29.5 Å². The maximum Gasteiger partial charge on any atom is 0.134 e. The first-order valence-electron chi connectivity index (χ1n) is 5.89. The number of benzene rings is 1. The summed E-state index contributed by atoms with van der Waals surface area (Å²) in [5.74, 6) is 0.0958. The van der Waals surface area contributed by atoms with Crippen LogP contribution in [0.15, 0.2) is 18.2 Å². The molecule has 0 saturated carbocycles. The van der Waals surface area contributed by atoms with Crippen LogP contribution in [0.25, 0.3) is 10.6 Å². The first-order chi connectivity index (χ1) is 8.65. The Morgan fingerprint density at radius 1 is 1.44 bits per heavy atom. The second-order valence-corrected chi connectivity index (χ2v) is 5.93. The third-order valence-corrected chi connectivity index (χ3v) is 4.77. The quantitative estimate of drug-likeness (QED) is 0.840. The van der Waals surface area contributed by atoms with Gasteiger partial charge in [-0.05, 0) is 37.5 Å². The fourth-order valence-electron chi connectivity index (χ4n) is 2.22. The normalized spacial score (nSPS) is 18.7. The van der Waals surface area contributed by atoms with Gasteiger partial charge in [0, 0.05) is 16.5 Å². The van der Waals surface area contributed by atoms with Gasteiger partial charge in [0.05, 0.1) is 10.7 Å². The Kier molecular flexibility index (Phi) is 3.01. The molecule has 0 bridgehead atoms. The molecule has 1 atom stereocenters. The summed E-state index contributed by atoms with van der Waals surface area (Å²) in [6.45, 7) is 0. The van der Waals surface area contributed by atoms with Crippen molar-refractivity contribution in [3.8, 4) is 16.3 Å². The molecule has 1 aromatic carbocycles. The summed E-state index contributed by atoms with van der Waals surface area (Å²) in [5, 5.41) is 10.7. The van der Waals surface area contributed by atoms with Gasteiger partial charge in [0.2, 0.25) is 0 Å². The lowest BCUT2D eigenvalue weighted by molar-refractivity contribution is 0.475. The van der Waals surface area contributed by atoms with Gasteiger partial charge in [-0.1, -0.05) is 11.6 Å². The molecule has 0 fully saturated rings. The smallest absolute Gasteiger partial charge is 0.134 e. The molecule has 94 valence electrons. The molecule has 5 heteroatoms. The van der Waals surface area contributed by atoms with Crippen molar-refractivity contribution in [3.05, 3.63) is 33.8 Å². The van der Waals surface area contributed by atoms with Crippen LogP contribution in [0.5, 0.6) is 5.75 Å². The number of nitrogens with zero attached hydrogens (tertiary/aromatic N) is 1. The molecule has 18 heavy (non-hydrogen) atoms. The van der Waals surface area contributed by atoms with Gasteiger partial charge in [-0.3, -0.25) is 0 Å². The SMILES string of the molecule is NC1CCCc2nc(-c3ccc(O)c(Cl)c3)sc21. The summed E-state index contributed by atoms with van der Waals surface area (Å²) < 4.78 is 0. The highest BCUT2D eigenvalue weighted by Gasteiger charge is 2.22. The Hall–Kier alpha value is -1.10. The summed E-state index contributed by atoms with van der Waals surface area (Å²) in [4.78, 5) is 5.84. The monoisotopic (exact) mass is 280 g/mol. The van der Waals surface area contributed by atoms with E-state index in [9.17, 15) is 5.11 Å². The van der Waals surface area contributed by atoms with E-state index in [-0.39, 0.29) is 11.8 Å². The number of aromatic hydroxyl groups is 1. The maximum absolute atomic E-state index is 9.43. The van der Waals surface area contributed by atoms with Gasteiger partial charge in [-0.15, -0.1) is 11.3 Å². The minimum Gasteiger partial charge on any atom is -0.506 e. The average molecular weight is 281 g/mol. The van der Waals surface area contributed by atoms with Gasteiger partial charge in [0.15, 0.2) is 0 Å². The Labute approximate surface area is 114 Å². The van der Waals surface area contributed by atoms with Crippen molar-refractivity contribution in [1.29, 1.82) is 0 Å². The number of thiazole rings is 1. The highest BCUT2D eigenvalue weighted by atomic mass is 35.5. The standard InChI is InChI=1S/C13H13ClN2OS/c14-8-6-7(4-5-11(8)17)13-16-10-3-1-2-9(15)12(10)18-13/h4-6,9,17H,1-3,15H2. The van der Waals surface area contributed by atoms with Crippen LogP contribution in [-0.4, -0.2) is 10.1 Å². The van der Waals surface area contributed by atoms with E-state index in [1.165, 1.54) is 4.88 Å². The zero-order valence-electron chi connectivity index (χ0n) is 9.69. The van der Waals surface area contributed by atoms with Crippen LogP contribution in [0, 0.1) is 0 Å². The Balaban J connectivity index is 2.04. The minimum atomic E-state index is 0.0958. The number of aryl methyl sites for hydroxylation is 1. The van der Waals surface area contributed by atoms with Gasteiger partial charge in [-0.25, -0.2) is 4.98 Å². The Bertz CT molecular complexity index is 597. The molecule has 0 saturated heterocycles. The fourth-order valence-corrected chi connectivity index (χ4v) is 3.54. The molecule has 0 radical (unpaired) electrons. The molecule has 2 aromatic rings. The lowest BCUT2D eigenvalue weighted by atomic mass is 9.99. The van der Waals surface area contributed by atoms with Crippen LogP contribution in [-0.2, 0) is 6.42 Å². The van der Waals surface area contributed by atoms with Crippen molar-refractivity contribution in [1.82, 2.24) is 4.98 Å². The summed E-state index contributed by atoms with van der Waals surface area (Å²) >= 11 is 7.56. The first-order valence-corrected chi connectivity index (χ1v) is 7.08. The van der Waals surface area contributed by atoms with Crippen LogP contribution in [0.2, 0.25) is 5.02 Å². The summed E-state index contributed by atoms with van der Waals surface area (Å²) in [5.41, 5.74) is 8.15. The minimum absolute atomic E-state index is 0.0958. The molecule has 0 spiro atoms. The number of fused-ring (bicyclic) bond motifs is 1. The highest BCUT2D eigenvalue weighted by molar-refractivity contribution is 7.15. The van der Waals surface area contributed by atoms with E-state index in [0.717, 1.165) is 35.5 Å². The Morgan fingerprint density at radius 2 is 2.28 bits per heavy atom. The van der Waals surface area contributed by atoms with Crippen LogP contribution < -0.4 is 5.73 Å². The second kappa shape index (κ2) is 4.53. The van der Waals surface area contributed by atoms with Gasteiger partial charge < -0.3 is 10.8 Å². The van der Waals surface area contributed by atoms with E-state index < -0.39 is 0 Å². The van der Waals surface area contributed by atoms with Gasteiger partial charge >= 0.3 is 0 Å². The molecular weight excluding hydrogens is 268 g/mol. The van der Waals surface area contributed by atoms with Crippen molar-refractivity contribution < 1.29 is 5.11 Å². The zero-order valence-corrected chi connectivity index (χ0v) is 11.3. The van der Waals surface area contributed by atoms with Crippen LogP contribution in [0.3, 0.4) is 0 Å². The van der Waals surface area contributed by atoms with E-state index in [0.29, 0.717) is 5.02 Å². The second-order valence-electron chi connectivity index (χ2n) is 4.49. The predicted octanol–water partition coefficient (Wildman–Crippen LogP) is 3.51. The van der Waals surface area contributed by atoms with E-state index in [1.54, 1.807) is 23.5 Å². The van der Waals surface area contributed by atoms with E-state index >= 15 is 0 Å². The third kappa shape index (κ3) is 2.00. The lowest BCUT2D eigenvalue weighted by Gasteiger charge is -2.15. The molecule has 1 heterocycles. The number of aromatic nitrogens is 1. The van der Waals surface area contributed by atoms with Crippen molar-refractivity contribution in [3.63, 3.8) is 0 Å². The predicted molar refractivity (Wildman–Crippen MR) is 74.1 cm³/mol. The molecular formula is C13H13ClN2OS. The zero-order chi connectivity index (χ0) is 12.7. The molecule has 1 aliphatic carbocycles. The molecule has 1 aliphatic rings. The number of rotatable bonds is 1. The molecule has 3 rings (SSSR count). The van der Waals surface area contributed by atoms with E-state index in [1.807, 2.05) is 6.07 Å². The molecule has 0 amide bonds. The first kappa shape index (κ1) is 12.0. The van der Waals surface area contributed by atoms with E-state index in [2.05, 4.69) is 4.98 Å². The van der Waals surface area contributed by atoms with Crippen molar-refractivity contribution >= 4 is 22.9 Å². The number of nitrogens with two attached hydrogens (primary N) is 1. The van der Waals surface area contributed by atoms with Crippen molar-refractivity contribution in [2.75, 3.05) is 0 Å². The summed E-state index contributed by atoms with van der Waals surface area (Å²) in [7, 11) is 0. The average Bonchev–Trinajstić information content (AvgIpc) is 2.78. The molecule has 0 aliphatic heterocycles. The number of phenolic OH excluding ortho intramolecular Hbond substituents is 1. The third-order valence-electron chi connectivity index (χ3n) is 3.19. The van der Waals surface area contributed by atoms with Gasteiger partial charge in [0.25, 0.3) is 0 Å². The summed E-state index contributed by atoms with van der Waals surface area (Å²) in [6.07, 6.45) is 3.14. The Morgan fingerprint density at radius 3 is 3.00 bits per heavy atom. The molecule has 1 aromatic heterocycles. The summed E-state index contributed by atoms with van der Waals surface area (Å²) in [6, 6.07) is 5.29. The maximum atomic E-state index is 9.43. The number of hydrogen-bond donors (Lipinski definition) is 2. The number of phenols is 1. The van der Waals surface area contributed by atoms with E-state index in [4.69, 9.17) is 17.3 Å². The van der Waals surface area contributed by atoms with Gasteiger partial charge in [-0.2, -0.15) is 0 Å². The van der Waals surface area contributed by atoms with Crippen molar-refractivity contribution in [2.24, 2.45) is 5.73 Å². The lowest BCUT2D eigenvalue weighted by Crippen LogP contribution is -2.15. The molecule has 1 unspecified atom stereocenters. The highest BCUT2D eigenvalue weighted by Crippen LogP contribution is 2.38. The van der Waals surface area contributed by atoms with Crippen LogP contribution >= 0.6 is 22.9 Å². The van der Waals surface area contributed by atoms with Crippen LogP contribution in [0.4, 0.5) is 0 Å². The van der Waals surface area contributed by atoms with Gasteiger partial charge in [0.1, 0.15) is 10.8 Å². The van der Waals surface area contributed by atoms with Crippen molar-refractivity contribution in [2.45, 2.75) is 25.3 Å². The molecule has 3 N–H and O–H groups in total. The number of halogens is 1. The molecule has 3 nitrogen and oxygen atoms in total. The topological polar surface area (TPSA) is 59.1 Å². The largest absolute Gasteiger partial charge is 0.506 e.